The number of carbonyl (C=O) groups excluding carboxylic acids is 2. The number of nitrogens with zero attached hydrogens (tertiary/aromatic N) is 6. The third-order valence-electron chi connectivity index (χ3n) is 10.6. The van der Waals surface area contributed by atoms with Gasteiger partial charge in [0.1, 0.15) is 11.6 Å². The van der Waals surface area contributed by atoms with Gasteiger partial charge in [0.05, 0.1) is 42.5 Å². The number of hydrogen-bond donors (Lipinski definition) is 3. The summed E-state index contributed by atoms with van der Waals surface area (Å²) in [6, 6.07) is 12.1. The number of nitrogens with one attached hydrogen (secondary N) is 1. The van der Waals surface area contributed by atoms with Crippen molar-refractivity contribution >= 4 is 23.5 Å². The monoisotopic (exact) mass is 678 g/mol. The third kappa shape index (κ3) is 6.62. The van der Waals surface area contributed by atoms with Crippen molar-refractivity contribution < 1.29 is 19.4 Å². The van der Waals surface area contributed by atoms with Gasteiger partial charge in [0, 0.05) is 73.6 Å². The van der Waals surface area contributed by atoms with Gasteiger partial charge in [-0.2, -0.15) is 5.10 Å². The summed E-state index contributed by atoms with van der Waals surface area (Å²) in [5.41, 5.74) is 11.4. The van der Waals surface area contributed by atoms with Crippen LogP contribution in [0, 0.1) is 0 Å². The third-order valence-corrected chi connectivity index (χ3v) is 10.6. The second-order valence-electron chi connectivity index (χ2n) is 14.3. The lowest BCUT2D eigenvalue weighted by atomic mass is 9.86. The number of carbonyl (C=O) groups is 2. The van der Waals surface area contributed by atoms with Crippen LogP contribution >= 0.6 is 0 Å². The van der Waals surface area contributed by atoms with E-state index < -0.39 is 5.41 Å². The van der Waals surface area contributed by atoms with Crippen molar-refractivity contribution in [2.24, 2.45) is 7.05 Å². The summed E-state index contributed by atoms with van der Waals surface area (Å²) in [6.45, 7) is 6.96. The fraction of sp³-hybridized carbons (Fsp3) is 0.447. The molecule has 3 aliphatic rings. The highest BCUT2D eigenvalue weighted by atomic mass is 16.5. The van der Waals surface area contributed by atoms with Gasteiger partial charge in [-0.3, -0.25) is 19.2 Å². The molecule has 0 unspecified atom stereocenters. The van der Waals surface area contributed by atoms with E-state index in [0.29, 0.717) is 18.7 Å². The maximum absolute atomic E-state index is 13.7. The van der Waals surface area contributed by atoms with Crippen molar-refractivity contribution in [2.75, 3.05) is 36.9 Å². The number of aliphatic hydroxyl groups is 1. The molecule has 0 radical (unpaired) electrons. The Morgan fingerprint density at radius 1 is 1.00 bits per heavy atom. The molecule has 0 spiro atoms. The lowest BCUT2D eigenvalue weighted by molar-refractivity contribution is -0.122. The number of rotatable bonds is 10. The van der Waals surface area contributed by atoms with E-state index in [2.05, 4.69) is 50.6 Å². The van der Waals surface area contributed by atoms with Crippen LogP contribution in [0.15, 0.2) is 61.2 Å². The van der Waals surface area contributed by atoms with Crippen LogP contribution < -0.4 is 16.0 Å². The van der Waals surface area contributed by atoms with E-state index in [4.69, 9.17) is 15.5 Å². The molecule has 2 atom stereocenters. The molecular formula is C38H46N8O4. The van der Waals surface area contributed by atoms with Crippen molar-refractivity contribution in [2.45, 2.75) is 76.2 Å². The number of likely N-dealkylation sites (tertiary alicyclic amines) is 1. The molecule has 5 heterocycles. The van der Waals surface area contributed by atoms with E-state index in [1.54, 1.807) is 23.1 Å². The van der Waals surface area contributed by atoms with Crippen molar-refractivity contribution in [3.63, 3.8) is 0 Å². The van der Waals surface area contributed by atoms with Crippen LogP contribution in [0.25, 0.3) is 22.3 Å². The smallest absolute Gasteiger partial charge is 0.255 e. The predicted molar refractivity (Wildman–Crippen MR) is 191 cm³/mol. The number of piperidine rings is 1. The lowest BCUT2D eigenvalue weighted by Crippen LogP contribution is -2.49. The first-order chi connectivity index (χ1) is 24.1. The second kappa shape index (κ2) is 13.9. The summed E-state index contributed by atoms with van der Waals surface area (Å²) in [4.78, 5) is 40.3. The van der Waals surface area contributed by atoms with E-state index in [-0.39, 0.29) is 42.4 Å². The van der Waals surface area contributed by atoms with Gasteiger partial charge in [0.15, 0.2) is 0 Å². The summed E-state index contributed by atoms with van der Waals surface area (Å²) in [5, 5.41) is 16.7. The number of amides is 2. The van der Waals surface area contributed by atoms with Gasteiger partial charge in [-0.05, 0) is 69.2 Å². The minimum Gasteiger partial charge on any atom is -0.395 e. The molecule has 1 saturated carbocycles. The summed E-state index contributed by atoms with van der Waals surface area (Å²) < 4.78 is 8.06. The van der Waals surface area contributed by atoms with Crippen LogP contribution in [0.4, 0.5) is 11.6 Å². The molecule has 12 nitrogen and oxygen atoms in total. The molecule has 12 heteroatoms. The maximum atomic E-state index is 13.7. The SMILES string of the molecule is Cn1cc(-c2cnc(N)c(C(=O)N[C@H]3CCC[C@@H]3OCc3ccc(-c4cnc5c(c4)C(C)(C)C(=O)N5C4CCN(CCO)CC4)cc3)c2)cn1. The Labute approximate surface area is 292 Å². The number of benzene rings is 1. The highest BCUT2D eigenvalue weighted by Crippen LogP contribution is 2.44. The minimum absolute atomic E-state index is 0.102. The highest BCUT2D eigenvalue weighted by Gasteiger charge is 2.48. The predicted octanol–water partition coefficient (Wildman–Crippen LogP) is 4.07. The van der Waals surface area contributed by atoms with Crippen LogP contribution in [-0.2, 0) is 28.6 Å². The molecule has 4 aromatic rings. The Morgan fingerprint density at radius 2 is 1.74 bits per heavy atom. The molecule has 7 rings (SSSR count). The molecule has 50 heavy (non-hydrogen) atoms. The van der Waals surface area contributed by atoms with E-state index in [0.717, 1.165) is 84.4 Å². The highest BCUT2D eigenvalue weighted by molar-refractivity contribution is 6.07. The molecule has 2 aliphatic heterocycles. The molecule has 1 aliphatic carbocycles. The number of β-amino-alcohol motifs (C(OH)–C–C–N with tert-alkyl or cyclic N) is 1. The molecule has 0 bridgehead atoms. The quantitative estimate of drug-likeness (QED) is 0.225. The Kier molecular flexibility index (Phi) is 9.42. The van der Waals surface area contributed by atoms with Gasteiger partial charge >= 0.3 is 0 Å². The van der Waals surface area contributed by atoms with Gasteiger partial charge in [-0.15, -0.1) is 0 Å². The minimum atomic E-state index is -0.661. The fourth-order valence-electron chi connectivity index (χ4n) is 7.58. The van der Waals surface area contributed by atoms with Gasteiger partial charge in [0.2, 0.25) is 5.91 Å². The number of ether oxygens (including phenoxy) is 1. The topological polar surface area (TPSA) is 152 Å². The molecular weight excluding hydrogens is 632 g/mol. The zero-order valence-electron chi connectivity index (χ0n) is 29.0. The average Bonchev–Trinajstić information content (AvgIpc) is 3.81. The van der Waals surface area contributed by atoms with Crippen LogP contribution in [0.3, 0.4) is 0 Å². The number of anilines is 2. The second-order valence-corrected chi connectivity index (χ2v) is 14.3. The molecule has 2 amide bonds. The van der Waals surface area contributed by atoms with Crippen LogP contribution in [0.5, 0.6) is 0 Å². The molecule has 262 valence electrons. The first-order valence-electron chi connectivity index (χ1n) is 17.6. The standard InChI is InChI=1S/C38H46N8O4/c1-38(2)31-18-27(20-41-35(31)46(37(38)49)29-11-13-45(14-12-29)15-16-47)25-9-7-24(8-10-25)23-50-33-6-4-5-32(33)43-36(48)30-17-26(19-40-34(30)39)28-21-42-44(3)22-28/h7-10,17-22,29,32-33,47H,4-6,11-16,23H2,1-3H3,(H2,39,40)(H,43,48)/t32-,33-/m0/s1. The van der Waals surface area contributed by atoms with Gasteiger partial charge in [-0.25, -0.2) is 9.97 Å². The summed E-state index contributed by atoms with van der Waals surface area (Å²) in [7, 11) is 1.84. The normalized spacial score (nSPS) is 20.7. The van der Waals surface area contributed by atoms with Gasteiger partial charge in [-0.1, -0.05) is 24.3 Å². The summed E-state index contributed by atoms with van der Waals surface area (Å²) in [6.07, 6.45) is 11.4. The van der Waals surface area contributed by atoms with E-state index in [1.165, 1.54) is 0 Å². The van der Waals surface area contributed by atoms with E-state index in [1.807, 2.05) is 38.2 Å². The number of aryl methyl sites for hydroxylation is 1. The Hall–Kier alpha value is -4.65. The van der Waals surface area contributed by atoms with Crippen molar-refractivity contribution in [1.29, 1.82) is 0 Å². The Morgan fingerprint density at radius 3 is 2.46 bits per heavy atom. The van der Waals surface area contributed by atoms with Crippen molar-refractivity contribution in [3.05, 3.63) is 77.9 Å². The van der Waals surface area contributed by atoms with Crippen LogP contribution in [-0.4, -0.2) is 86.0 Å². The zero-order valence-corrected chi connectivity index (χ0v) is 29.0. The van der Waals surface area contributed by atoms with E-state index >= 15 is 0 Å². The number of nitrogen functional groups attached to an aromatic ring is 1. The van der Waals surface area contributed by atoms with E-state index in [9.17, 15) is 14.7 Å². The number of hydrogen-bond acceptors (Lipinski definition) is 9. The van der Waals surface area contributed by atoms with Crippen molar-refractivity contribution in [3.8, 4) is 22.3 Å². The number of aromatic nitrogens is 4. The number of fused-ring (bicyclic) bond motifs is 1. The van der Waals surface area contributed by atoms with Gasteiger partial charge in [0.25, 0.3) is 5.91 Å². The summed E-state index contributed by atoms with van der Waals surface area (Å²) >= 11 is 0. The molecule has 4 N–H and O–H groups in total. The Balaban J connectivity index is 0.983. The van der Waals surface area contributed by atoms with Crippen LogP contribution in [0.2, 0.25) is 0 Å². The summed E-state index contributed by atoms with van der Waals surface area (Å²) in [5.74, 6) is 0.801. The molecule has 1 saturated heterocycles. The number of pyridine rings is 2. The lowest BCUT2D eigenvalue weighted by Gasteiger charge is -2.36. The first kappa shape index (κ1) is 33.8. The number of nitrogens with two attached hydrogens (primary N) is 1. The molecule has 1 aromatic carbocycles. The molecule has 2 fully saturated rings. The average molecular weight is 679 g/mol. The number of aliphatic hydroxyl groups excluding tert-OH is 1. The first-order valence-corrected chi connectivity index (χ1v) is 17.6. The zero-order chi connectivity index (χ0) is 35.0. The van der Waals surface area contributed by atoms with Crippen molar-refractivity contribution in [1.82, 2.24) is 30.0 Å². The fourth-order valence-corrected chi connectivity index (χ4v) is 7.58. The van der Waals surface area contributed by atoms with Gasteiger partial charge < -0.3 is 25.8 Å². The maximum Gasteiger partial charge on any atom is 0.255 e. The largest absolute Gasteiger partial charge is 0.395 e. The molecule has 3 aromatic heterocycles. The van der Waals surface area contributed by atoms with Crippen LogP contribution in [0.1, 0.15) is 67.4 Å². The Bertz CT molecular complexity index is 1860.